The Morgan fingerprint density at radius 2 is 2.00 bits per heavy atom. The van der Waals surface area contributed by atoms with Gasteiger partial charge in [-0.25, -0.2) is 0 Å². The molecule has 3 nitrogen and oxygen atoms in total. The highest BCUT2D eigenvalue weighted by Crippen LogP contribution is 2.45. The highest BCUT2D eigenvalue weighted by Gasteiger charge is 2.24. The fourth-order valence-corrected chi connectivity index (χ4v) is 3.07. The molecule has 4 heteroatoms. The second-order valence-electron chi connectivity index (χ2n) is 3.46. The molecular weight excluding hydrogens is 223 g/mol. The van der Waals surface area contributed by atoms with Crippen molar-refractivity contribution in [2.45, 2.75) is 13.0 Å². The van der Waals surface area contributed by atoms with Gasteiger partial charge in [0.15, 0.2) is 6.10 Å². The van der Waals surface area contributed by atoms with Gasteiger partial charge in [0.2, 0.25) is 0 Å². The molecule has 0 aromatic rings. The van der Waals surface area contributed by atoms with Crippen LogP contribution in [-0.2, 0) is 14.1 Å². The molecule has 16 heavy (non-hydrogen) atoms. The minimum absolute atomic E-state index is 0.114. The lowest BCUT2D eigenvalue weighted by atomic mass is 10.4. The number of esters is 1. The molecule has 0 radical (unpaired) electrons. The molecule has 0 bridgehead atoms. The van der Waals surface area contributed by atoms with Gasteiger partial charge in [0.25, 0.3) is 0 Å². The molecule has 0 heterocycles. The zero-order chi connectivity index (χ0) is 12.6. The largest absolute Gasteiger partial charge is 0.449 e. The first-order valence-electron chi connectivity index (χ1n) is 4.92. The first kappa shape index (κ1) is 14.7. The van der Waals surface area contributed by atoms with Gasteiger partial charge in [0.1, 0.15) is 7.14 Å². The molecule has 0 aliphatic rings. The molecule has 0 fully saturated rings. The summed E-state index contributed by atoms with van der Waals surface area (Å²) in [5, 5.41) is 0. The van der Waals surface area contributed by atoms with E-state index < -0.39 is 19.2 Å². The van der Waals surface area contributed by atoms with E-state index >= 15 is 0 Å². The SMILES string of the molecule is C#CC(C)OC(=O)CP(=O)(CC=C)CC=C. The van der Waals surface area contributed by atoms with Crippen LogP contribution in [0.5, 0.6) is 0 Å². The second-order valence-corrected chi connectivity index (χ2v) is 6.62. The van der Waals surface area contributed by atoms with E-state index in [0.717, 1.165) is 0 Å². The number of hydrogen-bond donors (Lipinski definition) is 0. The van der Waals surface area contributed by atoms with E-state index in [4.69, 9.17) is 11.2 Å². The third-order valence-corrected chi connectivity index (χ3v) is 4.57. The smallest absolute Gasteiger partial charge is 0.314 e. The monoisotopic (exact) mass is 240 g/mol. The summed E-state index contributed by atoms with van der Waals surface area (Å²) in [7, 11) is -2.62. The van der Waals surface area contributed by atoms with Crippen molar-refractivity contribution in [1.82, 2.24) is 0 Å². The fraction of sp³-hybridized carbons (Fsp3) is 0.417. The van der Waals surface area contributed by atoms with Crippen molar-refractivity contribution in [3.05, 3.63) is 25.3 Å². The minimum Gasteiger partial charge on any atom is -0.449 e. The Morgan fingerprint density at radius 3 is 2.38 bits per heavy atom. The van der Waals surface area contributed by atoms with Crippen LogP contribution in [0.15, 0.2) is 25.3 Å². The van der Waals surface area contributed by atoms with Crippen molar-refractivity contribution in [1.29, 1.82) is 0 Å². The Balaban J connectivity index is 4.47. The van der Waals surface area contributed by atoms with Crippen molar-refractivity contribution in [2.24, 2.45) is 0 Å². The molecule has 0 spiro atoms. The first-order valence-corrected chi connectivity index (χ1v) is 7.18. The molecule has 0 aliphatic heterocycles. The van der Waals surface area contributed by atoms with E-state index in [9.17, 15) is 9.36 Å². The predicted octanol–water partition coefficient (Wildman–Crippen LogP) is 2.29. The summed E-state index contributed by atoms with van der Waals surface area (Å²) in [5.41, 5.74) is 0. The molecule has 0 saturated carbocycles. The van der Waals surface area contributed by atoms with Crippen LogP contribution in [0.1, 0.15) is 6.92 Å². The van der Waals surface area contributed by atoms with Gasteiger partial charge in [0, 0.05) is 12.3 Å². The Morgan fingerprint density at radius 1 is 1.50 bits per heavy atom. The zero-order valence-corrected chi connectivity index (χ0v) is 10.4. The average molecular weight is 240 g/mol. The molecule has 0 rings (SSSR count). The summed E-state index contributed by atoms with van der Waals surface area (Å²) in [4.78, 5) is 11.4. The maximum Gasteiger partial charge on any atom is 0.314 e. The number of rotatable bonds is 7. The summed E-state index contributed by atoms with van der Waals surface area (Å²) in [6, 6.07) is 0. The van der Waals surface area contributed by atoms with E-state index in [-0.39, 0.29) is 6.16 Å². The lowest BCUT2D eigenvalue weighted by Crippen LogP contribution is -2.17. The van der Waals surface area contributed by atoms with Crippen LogP contribution in [0.25, 0.3) is 0 Å². The van der Waals surface area contributed by atoms with E-state index in [0.29, 0.717) is 12.3 Å². The second kappa shape index (κ2) is 7.09. The van der Waals surface area contributed by atoms with Crippen LogP contribution >= 0.6 is 7.14 Å². The minimum atomic E-state index is -2.62. The van der Waals surface area contributed by atoms with Crippen LogP contribution in [-0.4, -0.2) is 30.6 Å². The Kier molecular flexibility index (Phi) is 6.53. The summed E-state index contributed by atoms with van der Waals surface area (Å²) in [6.07, 6.45) is 8.07. The van der Waals surface area contributed by atoms with Crippen LogP contribution in [0.4, 0.5) is 0 Å². The molecule has 0 aliphatic carbocycles. The van der Waals surface area contributed by atoms with Gasteiger partial charge in [-0.15, -0.1) is 19.6 Å². The summed E-state index contributed by atoms with van der Waals surface area (Å²) < 4.78 is 17.1. The van der Waals surface area contributed by atoms with Crippen molar-refractivity contribution in [2.75, 3.05) is 18.5 Å². The normalized spacial score (nSPS) is 12.2. The van der Waals surface area contributed by atoms with Gasteiger partial charge in [-0.05, 0) is 6.92 Å². The van der Waals surface area contributed by atoms with Gasteiger partial charge < -0.3 is 9.30 Å². The van der Waals surface area contributed by atoms with Gasteiger partial charge in [-0.3, -0.25) is 4.79 Å². The maximum atomic E-state index is 12.2. The number of allylic oxidation sites excluding steroid dienone is 2. The van der Waals surface area contributed by atoms with Crippen LogP contribution in [0.3, 0.4) is 0 Å². The molecule has 1 unspecified atom stereocenters. The number of terminal acetylenes is 1. The fourth-order valence-electron chi connectivity index (χ4n) is 1.18. The van der Waals surface area contributed by atoms with Gasteiger partial charge in [-0.2, -0.15) is 0 Å². The Bertz CT molecular complexity index is 338. The highest BCUT2D eigenvalue weighted by molar-refractivity contribution is 7.65. The van der Waals surface area contributed by atoms with E-state index in [2.05, 4.69) is 19.1 Å². The topological polar surface area (TPSA) is 43.4 Å². The number of carbonyl (C=O) groups is 1. The quantitative estimate of drug-likeness (QED) is 0.297. The van der Waals surface area contributed by atoms with Crippen LogP contribution in [0, 0.1) is 12.3 Å². The zero-order valence-electron chi connectivity index (χ0n) is 9.52. The lowest BCUT2D eigenvalue weighted by Gasteiger charge is -2.14. The summed E-state index contributed by atoms with van der Waals surface area (Å²) >= 11 is 0. The lowest BCUT2D eigenvalue weighted by molar-refractivity contribution is -0.142. The van der Waals surface area contributed by atoms with Gasteiger partial charge in [-0.1, -0.05) is 18.1 Å². The van der Waals surface area contributed by atoms with Crippen molar-refractivity contribution in [3.8, 4) is 12.3 Å². The molecule has 88 valence electrons. The van der Waals surface area contributed by atoms with E-state index in [1.54, 1.807) is 19.1 Å². The number of carbonyl (C=O) groups excluding carboxylic acids is 1. The third-order valence-electron chi connectivity index (χ3n) is 1.88. The molecule has 0 aromatic heterocycles. The Hall–Kier alpha value is -1.26. The third kappa shape index (κ3) is 5.58. The van der Waals surface area contributed by atoms with Crippen LogP contribution in [0.2, 0.25) is 0 Å². The molecule has 1 atom stereocenters. The van der Waals surface area contributed by atoms with Crippen molar-refractivity contribution >= 4 is 13.1 Å². The molecule has 0 amide bonds. The average Bonchev–Trinajstić information content (AvgIpc) is 2.17. The van der Waals surface area contributed by atoms with E-state index in [1.807, 2.05) is 0 Å². The highest BCUT2D eigenvalue weighted by atomic mass is 31.2. The summed E-state index contributed by atoms with van der Waals surface area (Å²) in [6.45, 7) is 8.63. The van der Waals surface area contributed by atoms with Gasteiger partial charge >= 0.3 is 5.97 Å². The first-order chi connectivity index (χ1) is 7.47. The van der Waals surface area contributed by atoms with E-state index in [1.165, 1.54) is 0 Å². The molecule has 0 saturated heterocycles. The molecule has 0 N–H and O–H groups in total. The maximum absolute atomic E-state index is 12.2. The standard InChI is InChI=1S/C12H17O3P/c1-5-8-16(14,9-6-2)10-12(13)15-11(4)7-3/h3,5-6,11H,1-2,8-10H2,4H3. The van der Waals surface area contributed by atoms with Crippen LogP contribution < -0.4 is 0 Å². The predicted molar refractivity (Wildman–Crippen MR) is 67.0 cm³/mol. The number of hydrogen-bond acceptors (Lipinski definition) is 3. The van der Waals surface area contributed by atoms with Crippen molar-refractivity contribution in [3.63, 3.8) is 0 Å². The Labute approximate surface area is 96.9 Å². The summed E-state index contributed by atoms with van der Waals surface area (Å²) in [5.74, 6) is 1.74. The van der Waals surface area contributed by atoms with Gasteiger partial charge in [0.05, 0.1) is 6.16 Å². The van der Waals surface area contributed by atoms with Crippen molar-refractivity contribution < 1.29 is 14.1 Å². The molecular formula is C12H17O3P. The number of ether oxygens (including phenoxy) is 1. The molecule has 0 aromatic carbocycles.